The van der Waals surface area contributed by atoms with Crippen LogP contribution in [-0.4, -0.2) is 42.0 Å². The van der Waals surface area contributed by atoms with Crippen molar-refractivity contribution in [2.24, 2.45) is 5.92 Å². The molecular weight excluding hydrogens is 508 g/mol. The number of ether oxygens (including phenoxy) is 1. The largest absolute Gasteiger partial charge is 0.491 e. The van der Waals surface area contributed by atoms with Crippen molar-refractivity contribution < 1.29 is 18.3 Å². The topological polar surface area (TPSA) is 92.3 Å². The number of sulfone groups is 1. The maximum absolute atomic E-state index is 12.7. The van der Waals surface area contributed by atoms with Crippen LogP contribution in [0.3, 0.4) is 0 Å². The number of H-pyrrole nitrogens is 1. The van der Waals surface area contributed by atoms with E-state index in [1.807, 2.05) is 38.1 Å². The molecule has 37 heavy (non-hydrogen) atoms. The normalized spacial score (nSPS) is 17.1. The van der Waals surface area contributed by atoms with Crippen LogP contribution in [0.2, 0.25) is 5.02 Å². The SMILES string of the molecule is CC(C)OC1=CCCC=C1c1cc2nc([C@H](CCO)c3ccc(S(=O)(=O)CC4CC4)cc3)[nH]c2cc1Cl. The molecule has 5 rings (SSSR count). The van der Waals surface area contributed by atoms with Crippen molar-refractivity contribution in [2.45, 2.75) is 62.9 Å². The molecule has 1 saturated carbocycles. The third-order valence-corrected chi connectivity index (χ3v) is 9.11. The van der Waals surface area contributed by atoms with Gasteiger partial charge in [0, 0.05) is 23.7 Å². The Labute approximate surface area is 223 Å². The smallest absolute Gasteiger partial charge is 0.178 e. The maximum atomic E-state index is 12.7. The molecule has 8 heteroatoms. The number of aromatic nitrogens is 2. The number of rotatable bonds is 10. The molecule has 2 aliphatic carbocycles. The van der Waals surface area contributed by atoms with Gasteiger partial charge >= 0.3 is 0 Å². The Kier molecular flexibility index (Phi) is 7.48. The lowest BCUT2D eigenvalue weighted by atomic mass is 9.95. The van der Waals surface area contributed by atoms with Crippen LogP contribution in [0.1, 0.15) is 68.8 Å². The number of benzene rings is 2. The van der Waals surface area contributed by atoms with Crippen LogP contribution < -0.4 is 0 Å². The van der Waals surface area contributed by atoms with Gasteiger partial charge in [-0.1, -0.05) is 29.8 Å². The van der Waals surface area contributed by atoms with E-state index in [0.717, 1.165) is 59.2 Å². The van der Waals surface area contributed by atoms with Gasteiger partial charge in [-0.15, -0.1) is 0 Å². The van der Waals surface area contributed by atoms with E-state index in [1.54, 1.807) is 12.1 Å². The Bertz CT molecular complexity index is 1450. The number of nitrogens with one attached hydrogen (secondary N) is 1. The van der Waals surface area contributed by atoms with Crippen LogP contribution in [0.25, 0.3) is 16.6 Å². The summed E-state index contributed by atoms with van der Waals surface area (Å²) in [7, 11) is -3.28. The Balaban J connectivity index is 1.46. The monoisotopic (exact) mass is 540 g/mol. The van der Waals surface area contributed by atoms with Crippen LogP contribution in [0.4, 0.5) is 0 Å². The van der Waals surface area contributed by atoms with Gasteiger partial charge in [0.2, 0.25) is 0 Å². The zero-order chi connectivity index (χ0) is 26.2. The van der Waals surface area contributed by atoms with Crippen molar-refractivity contribution in [1.82, 2.24) is 9.97 Å². The fraction of sp³-hybridized carbons (Fsp3) is 0.414. The lowest BCUT2D eigenvalue weighted by Crippen LogP contribution is -2.10. The summed E-state index contributed by atoms with van der Waals surface area (Å²) in [6.07, 6.45) is 8.62. The van der Waals surface area contributed by atoms with E-state index in [4.69, 9.17) is 21.3 Å². The standard InChI is InChI=1S/C29H33ClN2O4S/c1-18(2)36-28-6-4-3-5-23(28)24-15-26-27(16-25(24)30)32-29(31-26)22(13-14-33)20-9-11-21(12-10-20)37(34,35)17-19-7-8-19/h5-6,9-12,15-16,18-19,22,33H,3-4,7-8,13-14,17H2,1-2H3,(H,31,32)/t22-/m1/s1. The number of nitrogens with zero attached hydrogens (tertiary/aromatic N) is 1. The average Bonchev–Trinajstić information content (AvgIpc) is 3.57. The van der Waals surface area contributed by atoms with Crippen LogP contribution in [0.5, 0.6) is 0 Å². The molecular formula is C29H33ClN2O4S. The van der Waals surface area contributed by atoms with E-state index in [1.165, 1.54) is 0 Å². The van der Waals surface area contributed by atoms with Crippen molar-refractivity contribution in [2.75, 3.05) is 12.4 Å². The molecule has 0 spiro atoms. The van der Waals surface area contributed by atoms with Gasteiger partial charge in [-0.2, -0.15) is 0 Å². The highest BCUT2D eigenvalue weighted by molar-refractivity contribution is 7.91. The van der Waals surface area contributed by atoms with Gasteiger partial charge in [0.05, 0.1) is 32.8 Å². The zero-order valence-electron chi connectivity index (χ0n) is 21.2. The van der Waals surface area contributed by atoms with E-state index < -0.39 is 9.84 Å². The van der Waals surface area contributed by atoms with Gasteiger partial charge in [-0.05, 0) is 87.8 Å². The summed E-state index contributed by atoms with van der Waals surface area (Å²) in [5.74, 6) is 1.85. The number of aromatic amines is 1. The summed E-state index contributed by atoms with van der Waals surface area (Å²) < 4.78 is 31.4. The maximum Gasteiger partial charge on any atom is 0.178 e. The number of hydrogen-bond donors (Lipinski definition) is 2. The molecule has 2 N–H and O–H groups in total. The highest BCUT2D eigenvalue weighted by Gasteiger charge is 2.29. The fourth-order valence-corrected chi connectivity index (χ4v) is 6.83. The molecule has 2 aliphatic rings. The summed E-state index contributed by atoms with van der Waals surface area (Å²) in [5.41, 5.74) is 4.34. The third-order valence-electron chi connectivity index (χ3n) is 6.89. The van der Waals surface area contributed by atoms with Gasteiger partial charge in [-0.3, -0.25) is 0 Å². The first-order chi connectivity index (χ1) is 17.7. The molecule has 1 fully saturated rings. The van der Waals surface area contributed by atoms with Gasteiger partial charge in [0.15, 0.2) is 9.84 Å². The second-order valence-electron chi connectivity index (χ2n) is 10.3. The minimum Gasteiger partial charge on any atom is -0.491 e. The number of fused-ring (bicyclic) bond motifs is 1. The molecule has 196 valence electrons. The lowest BCUT2D eigenvalue weighted by molar-refractivity contribution is 0.159. The molecule has 0 bridgehead atoms. The summed E-state index contributed by atoms with van der Waals surface area (Å²) in [4.78, 5) is 8.61. The Morgan fingerprint density at radius 1 is 1.14 bits per heavy atom. The quantitative estimate of drug-likeness (QED) is 0.310. The first-order valence-electron chi connectivity index (χ1n) is 13.0. The number of aliphatic hydroxyl groups excluding tert-OH is 1. The second-order valence-corrected chi connectivity index (χ2v) is 12.7. The highest BCUT2D eigenvalue weighted by atomic mass is 35.5. The molecule has 1 heterocycles. The van der Waals surface area contributed by atoms with Gasteiger partial charge in [0.1, 0.15) is 11.6 Å². The molecule has 0 amide bonds. The highest BCUT2D eigenvalue weighted by Crippen LogP contribution is 2.37. The number of aliphatic hydroxyl groups is 1. The van der Waals surface area contributed by atoms with Crippen molar-refractivity contribution in [3.63, 3.8) is 0 Å². The van der Waals surface area contributed by atoms with Gasteiger partial charge < -0.3 is 14.8 Å². The minimum absolute atomic E-state index is 0.0248. The summed E-state index contributed by atoms with van der Waals surface area (Å²) in [5, 5.41) is 10.4. The third kappa shape index (κ3) is 5.79. The Morgan fingerprint density at radius 2 is 1.86 bits per heavy atom. The molecule has 0 aliphatic heterocycles. The first-order valence-corrected chi connectivity index (χ1v) is 15.0. The van der Waals surface area contributed by atoms with Crippen LogP contribution in [0.15, 0.2) is 59.2 Å². The van der Waals surface area contributed by atoms with E-state index in [0.29, 0.717) is 28.1 Å². The van der Waals surface area contributed by atoms with Crippen molar-refractivity contribution in [1.29, 1.82) is 0 Å². The summed E-state index contributed by atoms with van der Waals surface area (Å²) in [6.45, 7) is 3.99. The predicted molar refractivity (Wildman–Crippen MR) is 147 cm³/mol. The minimum atomic E-state index is -3.28. The molecule has 1 aromatic heterocycles. The van der Waals surface area contributed by atoms with Crippen molar-refractivity contribution in [3.8, 4) is 0 Å². The number of imidazole rings is 1. The molecule has 0 saturated heterocycles. The average molecular weight is 541 g/mol. The number of halogens is 1. The second kappa shape index (κ2) is 10.6. The van der Waals surface area contributed by atoms with E-state index in [9.17, 15) is 13.5 Å². The molecule has 2 aromatic carbocycles. The molecule has 1 atom stereocenters. The number of hydrogen-bond acceptors (Lipinski definition) is 5. The van der Waals surface area contributed by atoms with Crippen LogP contribution in [-0.2, 0) is 14.6 Å². The summed E-state index contributed by atoms with van der Waals surface area (Å²) >= 11 is 6.74. The van der Waals surface area contributed by atoms with E-state index >= 15 is 0 Å². The van der Waals surface area contributed by atoms with Crippen molar-refractivity contribution in [3.05, 3.63) is 76.3 Å². The van der Waals surface area contributed by atoms with E-state index in [-0.39, 0.29) is 24.4 Å². The summed E-state index contributed by atoms with van der Waals surface area (Å²) in [6, 6.07) is 10.9. The molecule has 0 radical (unpaired) electrons. The zero-order valence-corrected chi connectivity index (χ0v) is 22.8. The lowest BCUT2D eigenvalue weighted by Gasteiger charge is -2.20. The molecule has 6 nitrogen and oxygen atoms in total. The molecule has 0 unspecified atom stereocenters. The van der Waals surface area contributed by atoms with Gasteiger partial charge in [-0.25, -0.2) is 13.4 Å². The van der Waals surface area contributed by atoms with E-state index in [2.05, 4.69) is 17.1 Å². The van der Waals surface area contributed by atoms with Crippen LogP contribution in [0, 0.1) is 5.92 Å². The fourth-order valence-electron chi connectivity index (χ4n) is 4.87. The first kappa shape index (κ1) is 26.0. The Morgan fingerprint density at radius 3 is 2.54 bits per heavy atom. The van der Waals surface area contributed by atoms with Crippen LogP contribution >= 0.6 is 11.6 Å². The Hall–Kier alpha value is -2.61. The molecule has 3 aromatic rings. The predicted octanol–water partition coefficient (Wildman–Crippen LogP) is 6.40. The number of allylic oxidation sites excluding steroid dienone is 3. The van der Waals surface area contributed by atoms with Gasteiger partial charge in [0.25, 0.3) is 0 Å². The van der Waals surface area contributed by atoms with Crippen molar-refractivity contribution >= 4 is 38.0 Å².